The van der Waals surface area contributed by atoms with E-state index in [2.05, 4.69) is 20.5 Å². The van der Waals surface area contributed by atoms with E-state index in [9.17, 15) is 13.2 Å². The first-order valence-electron chi connectivity index (χ1n) is 12.9. The van der Waals surface area contributed by atoms with Gasteiger partial charge in [-0.05, 0) is 61.0 Å². The number of piperidine rings is 2. The number of hydrogen-bond donors (Lipinski definition) is 0. The van der Waals surface area contributed by atoms with Crippen LogP contribution in [0.1, 0.15) is 62.1 Å². The van der Waals surface area contributed by atoms with Crippen LogP contribution in [-0.4, -0.2) is 83.4 Å². The highest BCUT2D eigenvalue weighted by Gasteiger charge is 2.37. The molecule has 5 heterocycles. The molecule has 13 heteroatoms. The molecule has 3 saturated heterocycles. The molecule has 0 radical (unpaired) electrons. The summed E-state index contributed by atoms with van der Waals surface area (Å²) in [5, 5.41) is 11.7. The Bertz CT molecular complexity index is 1360. The van der Waals surface area contributed by atoms with Crippen molar-refractivity contribution in [3.8, 4) is 0 Å². The Labute approximate surface area is 214 Å². The summed E-state index contributed by atoms with van der Waals surface area (Å²) in [5.74, 6) is 1.50. The Morgan fingerprint density at radius 3 is 2.57 bits per heavy atom. The molecular formula is C24H30N6O6S. The molecule has 0 saturated carbocycles. The molecule has 3 fully saturated rings. The van der Waals surface area contributed by atoms with Crippen molar-refractivity contribution < 1.29 is 27.1 Å². The van der Waals surface area contributed by atoms with Crippen LogP contribution in [0.25, 0.3) is 11.0 Å². The van der Waals surface area contributed by atoms with Crippen LogP contribution in [0.4, 0.5) is 0 Å². The van der Waals surface area contributed by atoms with Crippen molar-refractivity contribution in [1.82, 2.24) is 29.7 Å². The number of amides is 1. The van der Waals surface area contributed by atoms with Crippen molar-refractivity contribution in [1.29, 1.82) is 0 Å². The summed E-state index contributed by atoms with van der Waals surface area (Å²) >= 11 is 0. The first-order chi connectivity index (χ1) is 18.0. The Morgan fingerprint density at radius 2 is 1.76 bits per heavy atom. The Balaban J connectivity index is 1.08. The molecule has 198 valence electrons. The van der Waals surface area contributed by atoms with Gasteiger partial charge >= 0.3 is 0 Å². The molecule has 0 bridgehead atoms. The molecule has 0 spiro atoms. The maximum absolute atomic E-state index is 13.4. The Morgan fingerprint density at radius 1 is 0.946 bits per heavy atom. The van der Waals surface area contributed by atoms with Crippen molar-refractivity contribution in [3.05, 3.63) is 29.9 Å². The highest BCUT2D eigenvalue weighted by atomic mass is 32.2. The molecule has 6 rings (SSSR count). The number of carbonyl (C=O) groups excluding carboxylic acids is 1. The molecule has 1 aromatic carbocycles. The maximum Gasteiger partial charge on any atom is 0.245 e. The van der Waals surface area contributed by atoms with Crippen molar-refractivity contribution in [3.63, 3.8) is 0 Å². The topological polar surface area (TPSA) is 145 Å². The van der Waals surface area contributed by atoms with Crippen LogP contribution in [0.2, 0.25) is 0 Å². The van der Waals surface area contributed by atoms with Gasteiger partial charge in [0.15, 0.2) is 11.3 Å². The largest absolute Gasteiger partial charge is 0.381 e. The zero-order valence-corrected chi connectivity index (χ0v) is 21.3. The number of carbonyl (C=O) groups is 1. The number of benzene rings is 1. The average molecular weight is 531 g/mol. The maximum atomic E-state index is 13.4. The lowest BCUT2D eigenvalue weighted by Gasteiger charge is -2.36. The number of likely N-dealkylation sites (tertiary alicyclic amines) is 1. The minimum absolute atomic E-state index is 0.0239. The average Bonchev–Trinajstić information content (AvgIpc) is 3.63. The number of sulfonamides is 1. The van der Waals surface area contributed by atoms with E-state index in [-0.39, 0.29) is 47.2 Å². The molecule has 0 aliphatic carbocycles. The molecule has 3 aliphatic rings. The molecule has 1 unspecified atom stereocenters. The zero-order chi connectivity index (χ0) is 25.4. The van der Waals surface area contributed by atoms with Crippen molar-refractivity contribution in [2.24, 2.45) is 5.92 Å². The van der Waals surface area contributed by atoms with E-state index >= 15 is 0 Å². The third-order valence-corrected chi connectivity index (χ3v) is 9.73. The third kappa shape index (κ3) is 4.75. The van der Waals surface area contributed by atoms with Gasteiger partial charge in [-0.25, -0.2) is 13.0 Å². The van der Waals surface area contributed by atoms with E-state index in [1.165, 1.54) is 10.4 Å². The van der Waals surface area contributed by atoms with Crippen LogP contribution in [0.3, 0.4) is 0 Å². The zero-order valence-electron chi connectivity index (χ0n) is 20.5. The van der Waals surface area contributed by atoms with E-state index in [1.807, 2.05) is 4.90 Å². The summed E-state index contributed by atoms with van der Waals surface area (Å²) < 4.78 is 43.8. The molecule has 0 N–H and O–H groups in total. The lowest BCUT2D eigenvalue weighted by molar-refractivity contribution is -0.138. The molecule has 1 atom stereocenters. The number of hydrogen-bond acceptors (Lipinski definition) is 10. The van der Waals surface area contributed by atoms with E-state index in [4.69, 9.17) is 13.9 Å². The number of aromatic nitrogens is 4. The molecule has 2 aromatic heterocycles. The van der Waals surface area contributed by atoms with Gasteiger partial charge < -0.3 is 14.2 Å². The lowest BCUT2D eigenvalue weighted by atomic mass is 9.92. The highest BCUT2D eigenvalue weighted by Crippen LogP contribution is 2.32. The summed E-state index contributed by atoms with van der Waals surface area (Å²) in [6, 6.07) is 4.79. The summed E-state index contributed by atoms with van der Waals surface area (Å²) in [4.78, 5) is 20.1. The van der Waals surface area contributed by atoms with Crippen LogP contribution in [0.15, 0.2) is 32.2 Å². The molecule has 3 aromatic rings. The second kappa shape index (κ2) is 10.1. The van der Waals surface area contributed by atoms with E-state index < -0.39 is 10.0 Å². The number of nitrogens with zero attached hydrogens (tertiary/aromatic N) is 6. The van der Waals surface area contributed by atoms with Gasteiger partial charge in [0.2, 0.25) is 21.8 Å². The van der Waals surface area contributed by atoms with E-state index in [1.54, 1.807) is 12.1 Å². The summed E-state index contributed by atoms with van der Waals surface area (Å²) in [6.07, 6.45) is 4.51. The van der Waals surface area contributed by atoms with Crippen LogP contribution in [0.5, 0.6) is 0 Å². The monoisotopic (exact) mass is 530 g/mol. The number of fused-ring (bicyclic) bond motifs is 1. The SMILES string of the molecule is O=C(C1CCN(S(=O)(=O)c2cccc3nonc23)CC1)N1CCCC(c2nc(C3CCOCC3)no2)C1. The Hall–Kier alpha value is -2.90. The molecular weight excluding hydrogens is 500 g/mol. The van der Waals surface area contributed by atoms with Crippen LogP contribution < -0.4 is 0 Å². The van der Waals surface area contributed by atoms with Gasteiger partial charge in [-0.2, -0.15) is 9.29 Å². The summed E-state index contributed by atoms with van der Waals surface area (Å²) in [5.41, 5.74) is 0.618. The third-order valence-electron chi connectivity index (χ3n) is 7.80. The van der Waals surface area contributed by atoms with E-state index in [0.29, 0.717) is 50.6 Å². The highest BCUT2D eigenvalue weighted by molar-refractivity contribution is 7.89. The first kappa shape index (κ1) is 24.4. The van der Waals surface area contributed by atoms with Gasteiger partial charge in [-0.1, -0.05) is 11.2 Å². The minimum Gasteiger partial charge on any atom is -0.381 e. The van der Waals surface area contributed by atoms with Crippen molar-refractivity contribution in [2.75, 3.05) is 39.4 Å². The fourth-order valence-electron chi connectivity index (χ4n) is 5.64. The number of ether oxygens (including phenoxy) is 1. The second-order valence-corrected chi connectivity index (χ2v) is 12.0. The second-order valence-electron chi connectivity index (χ2n) is 10.1. The quantitative estimate of drug-likeness (QED) is 0.482. The van der Waals surface area contributed by atoms with Crippen molar-refractivity contribution >= 4 is 27.0 Å². The summed E-state index contributed by atoms with van der Waals surface area (Å²) in [6.45, 7) is 3.22. The molecule has 12 nitrogen and oxygen atoms in total. The van der Waals surface area contributed by atoms with Gasteiger partial charge in [0.25, 0.3) is 0 Å². The predicted octanol–water partition coefficient (Wildman–Crippen LogP) is 2.31. The van der Waals surface area contributed by atoms with Gasteiger partial charge in [-0.3, -0.25) is 4.79 Å². The van der Waals surface area contributed by atoms with Gasteiger partial charge in [0, 0.05) is 51.2 Å². The van der Waals surface area contributed by atoms with Gasteiger partial charge in [-0.15, -0.1) is 0 Å². The smallest absolute Gasteiger partial charge is 0.245 e. The van der Waals surface area contributed by atoms with Crippen LogP contribution in [-0.2, 0) is 19.6 Å². The van der Waals surface area contributed by atoms with E-state index in [0.717, 1.165) is 31.5 Å². The standard InChI is InChI=1S/C24H30N6O6S/c31-24(29-10-2-3-18(15-29)23-25-22(28-35-23)16-8-13-34-14-9-16)17-6-11-30(12-7-17)37(32,33)20-5-1-4-19-21(20)27-36-26-19/h1,4-5,16-18H,2-3,6-15H2. The fraction of sp³-hybridized carbons (Fsp3) is 0.625. The number of rotatable bonds is 5. The molecule has 1 amide bonds. The predicted molar refractivity (Wildman–Crippen MR) is 129 cm³/mol. The molecule has 37 heavy (non-hydrogen) atoms. The molecule has 3 aliphatic heterocycles. The normalized spacial score (nSPS) is 23.0. The minimum atomic E-state index is -3.77. The Kier molecular flexibility index (Phi) is 6.67. The van der Waals surface area contributed by atoms with Gasteiger partial charge in [0.1, 0.15) is 10.4 Å². The summed E-state index contributed by atoms with van der Waals surface area (Å²) in [7, 11) is -3.77. The van der Waals surface area contributed by atoms with Crippen LogP contribution >= 0.6 is 0 Å². The fourth-order valence-corrected chi connectivity index (χ4v) is 7.25. The van der Waals surface area contributed by atoms with Crippen molar-refractivity contribution in [2.45, 2.75) is 55.3 Å². The van der Waals surface area contributed by atoms with Gasteiger partial charge in [0.05, 0.1) is 5.92 Å². The lowest BCUT2D eigenvalue weighted by Crippen LogP contribution is -2.46. The first-order valence-corrected chi connectivity index (χ1v) is 14.4. The van der Waals surface area contributed by atoms with Crippen LogP contribution in [0, 0.1) is 5.92 Å².